The van der Waals surface area contributed by atoms with Gasteiger partial charge in [-0.05, 0) is 69.9 Å². The molecule has 32 heavy (non-hydrogen) atoms. The van der Waals surface area contributed by atoms with Crippen molar-refractivity contribution in [3.8, 4) is 0 Å². The normalized spacial score (nSPS) is 46.5. The predicted molar refractivity (Wildman–Crippen MR) is 118 cm³/mol. The fourth-order valence-corrected chi connectivity index (χ4v) is 6.89. The van der Waals surface area contributed by atoms with Crippen LogP contribution in [-0.2, 0) is 19.0 Å². The van der Waals surface area contributed by atoms with Crippen molar-refractivity contribution in [3.63, 3.8) is 0 Å². The van der Waals surface area contributed by atoms with Gasteiger partial charge < -0.3 is 19.5 Å². The van der Waals surface area contributed by atoms with Crippen LogP contribution >= 0.6 is 0 Å². The molecule has 0 radical (unpaired) electrons. The first-order valence-electron chi connectivity index (χ1n) is 13.0. The number of likely N-dealkylation sites (tertiary alicyclic amines) is 1. The quantitative estimate of drug-likeness (QED) is 0.551. The van der Waals surface area contributed by atoms with Crippen LogP contribution in [0.15, 0.2) is 0 Å². The van der Waals surface area contributed by atoms with E-state index >= 15 is 0 Å². The first-order valence-corrected chi connectivity index (χ1v) is 13.0. The third-order valence-corrected chi connectivity index (χ3v) is 8.71. The average Bonchev–Trinajstić information content (AvgIpc) is 3.60. The highest BCUT2D eigenvalue weighted by atomic mass is 16.7. The van der Waals surface area contributed by atoms with Crippen LogP contribution in [0.1, 0.15) is 44.9 Å². The van der Waals surface area contributed by atoms with E-state index in [4.69, 9.17) is 19.0 Å². The van der Waals surface area contributed by atoms with E-state index in [1.165, 1.54) is 32.2 Å². The van der Waals surface area contributed by atoms with Crippen LogP contribution in [0, 0.1) is 11.8 Å². The van der Waals surface area contributed by atoms with E-state index in [9.17, 15) is 0 Å². The molecular formula is C23H41N5O4. The lowest BCUT2D eigenvalue weighted by Crippen LogP contribution is -2.57. The maximum Gasteiger partial charge on any atom is 0.147 e. The van der Waals surface area contributed by atoms with Gasteiger partial charge in [-0.2, -0.15) is 5.48 Å². The number of morpholine rings is 1. The molecule has 182 valence electrons. The average molecular weight is 452 g/mol. The van der Waals surface area contributed by atoms with Crippen LogP contribution in [0.3, 0.4) is 0 Å². The molecule has 5 aliphatic heterocycles. The number of hydroxylamine groups is 1. The molecule has 0 aromatic rings. The standard InChI is InChI=1S/C23H41N5O4/c1-2-18(28(7-1)14-16-3-4-19-20(12-16)31-15-30-19)23-25-22(26-32-23)17-5-6-24-21(13-17)27-8-10-29-11-9-27/h16-26H,1-15H2. The molecule has 1 saturated carbocycles. The molecule has 6 aliphatic rings. The summed E-state index contributed by atoms with van der Waals surface area (Å²) in [6, 6.07) is 0.461. The van der Waals surface area contributed by atoms with Gasteiger partial charge in [-0.15, -0.1) is 0 Å². The summed E-state index contributed by atoms with van der Waals surface area (Å²) in [5.74, 6) is 1.29. The number of ether oxygens (including phenoxy) is 3. The van der Waals surface area contributed by atoms with E-state index in [1.54, 1.807) is 0 Å². The molecule has 5 saturated heterocycles. The van der Waals surface area contributed by atoms with Gasteiger partial charge in [-0.3, -0.25) is 20.0 Å². The minimum Gasteiger partial charge on any atom is -0.379 e. The Labute approximate surface area is 191 Å². The molecule has 1 aliphatic carbocycles. The Balaban J connectivity index is 1.01. The summed E-state index contributed by atoms with van der Waals surface area (Å²) in [6.07, 6.45) is 9.82. The van der Waals surface area contributed by atoms with Crippen molar-refractivity contribution >= 4 is 0 Å². The van der Waals surface area contributed by atoms with E-state index in [-0.39, 0.29) is 12.4 Å². The van der Waals surface area contributed by atoms with Crippen molar-refractivity contribution in [2.45, 2.75) is 81.8 Å². The Bertz CT molecular complexity index is 623. The van der Waals surface area contributed by atoms with Crippen molar-refractivity contribution in [2.24, 2.45) is 11.8 Å². The maximum atomic E-state index is 6.17. The minimum absolute atomic E-state index is 0.0848. The number of hydrogen-bond acceptors (Lipinski definition) is 9. The number of rotatable bonds is 5. The van der Waals surface area contributed by atoms with Crippen LogP contribution in [0.2, 0.25) is 0 Å². The highest BCUT2D eigenvalue weighted by molar-refractivity contribution is 4.94. The number of nitrogens with one attached hydrogen (secondary N) is 3. The van der Waals surface area contributed by atoms with Gasteiger partial charge in [0.05, 0.1) is 43.8 Å². The van der Waals surface area contributed by atoms with Gasteiger partial charge >= 0.3 is 0 Å². The smallest absolute Gasteiger partial charge is 0.147 e. The molecular weight excluding hydrogens is 410 g/mol. The largest absolute Gasteiger partial charge is 0.379 e. The number of nitrogens with zero attached hydrogens (tertiary/aromatic N) is 2. The van der Waals surface area contributed by atoms with Crippen molar-refractivity contribution < 1.29 is 19.0 Å². The van der Waals surface area contributed by atoms with Gasteiger partial charge in [0.25, 0.3) is 0 Å². The molecule has 9 nitrogen and oxygen atoms in total. The zero-order valence-corrected chi connectivity index (χ0v) is 19.3. The molecule has 8 atom stereocenters. The molecule has 9 heteroatoms. The lowest BCUT2D eigenvalue weighted by Gasteiger charge is -2.41. The summed E-state index contributed by atoms with van der Waals surface area (Å²) in [4.78, 5) is 11.4. The lowest BCUT2D eigenvalue weighted by molar-refractivity contribution is -0.0327. The summed E-state index contributed by atoms with van der Waals surface area (Å²) >= 11 is 0. The predicted octanol–water partition coefficient (Wildman–Crippen LogP) is 0.427. The highest BCUT2D eigenvalue weighted by Gasteiger charge is 2.43. The zero-order chi connectivity index (χ0) is 21.3. The maximum absolute atomic E-state index is 6.17. The first kappa shape index (κ1) is 22.1. The second-order valence-corrected chi connectivity index (χ2v) is 10.6. The molecule has 6 rings (SSSR count). The number of hydrogen-bond donors (Lipinski definition) is 3. The van der Waals surface area contributed by atoms with Crippen LogP contribution in [0.4, 0.5) is 0 Å². The monoisotopic (exact) mass is 451 g/mol. The highest BCUT2D eigenvalue weighted by Crippen LogP contribution is 2.35. The SMILES string of the molecule is C1CC(C2NC(C3CCNC(N4CCOCC4)C3)NO2)N(CC2CCC3OCOC3C2)C1. The Morgan fingerprint density at radius 2 is 1.81 bits per heavy atom. The Hall–Kier alpha value is -0.360. The zero-order valence-electron chi connectivity index (χ0n) is 19.3. The summed E-state index contributed by atoms with van der Waals surface area (Å²) in [5, 5.41) is 7.56. The van der Waals surface area contributed by atoms with Crippen LogP contribution in [0.25, 0.3) is 0 Å². The van der Waals surface area contributed by atoms with Gasteiger partial charge in [-0.1, -0.05) is 0 Å². The molecule has 8 unspecified atom stereocenters. The van der Waals surface area contributed by atoms with Crippen molar-refractivity contribution in [2.75, 3.05) is 52.7 Å². The summed E-state index contributed by atoms with van der Waals surface area (Å²) in [5.41, 5.74) is 3.39. The fourth-order valence-electron chi connectivity index (χ4n) is 6.89. The number of piperidine rings is 1. The third kappa shape index (κ3) is 4.74. The van der Waals surface area contributed by atoms with Gasteiger partial charge in [0.15, 0.2) is 0 Å². The van der Waals surface area contributed by atoms with Gasteiger partial charge in [0.2, 0.25) is 0 Å². The molecule has 5 heterocycles. The van der Waals surface area contributed by atoms with E-state index in [0.717, 1.165) is 58.7 Å². The van der Waals surface area contributed by atoms with Crippen molar-refractivity contribution in [3.05, 3.63) is 0 Å². The minimum atomic E-state index is 0.0848. The van der Waals surface area contributed by atoms with Crippen LogP contribution < -0.4 is 16.1 Å². The van der Waals surface area contributed by atoms with Crippen LogP contribution in [0.5, 0.6) is 0 Å². The summed E-state index contributed by atoms with van der Waals surface area (Å²) in [6.45, 7) is 7.69. The Morgan fingerprint density at radius 3 is 2.75 bits per heavy atom. The molecule has 3 N–H and O–H groups in total. The second-order valence-electron chi connectivity index (χ2n) is 10.6. The Kier molecular flexibility index (Phi) is 6.98. The van der Waals surface area contributed by atoms with E-state index in [1.807, 2.05) is 0 Å². The molecule has 0 aromatic heterocycles. The molecule has 0 bridgehead atoms. The lowest BCUT2D eigenvalue weighted by atomic mass is 9.85. The number of fused-ring (bicyclic) bond motifs is 1. The fraction of sp³-hybridized carbons (Fsp3) is 1.00. The molecule has 0 amide bonds. The van der Waals surface area contributed by atoms with Gasteiger partial charge in [0.1, 0.15) is 13.0 Å². The first-order chi connectivity index (χ1) is 15.8. The second kappa shape index (κ2) is 10.1. The third-order valence-electron chi connectivity index (χ3n) is 8.71. The van der Waals surface area contributed by atoms with Gasteiger partial charge in [-0.25, -0.2) is 0 Å². The van der Waals surface area contributed by atoms with Crippen molar-refractivity contribution in [1.29, 1.82) is 0 Å². The van der Waals surface area contributed by atoms with E-state index in [0.29, 0.717) is 43.0 Å². The van der Waals surface area contributed by atoms with Crippen LogP contribution in [-0.4, -0.2) is 99.3 Å². The topological polar surface area (TPSA) is 79.5 Å². The summed E-state index contributed by atoms with van der Waals surface area (Å²) in [7, 11) is 0. The van der Waals surface area contributed by atoms with E-state index < -0.39 is 0 Å². The van der Waals surface area contributed by atoms with E-state index in [2.05, 4.69) is 25.9 Å². The molecule has 6 fully saturated rings. The van der Waals surface area contributed by atoms with Crippen molar-refractivity contribution in [1.82, 2.24) is 25.9 Å². The summed E-state index contributed by atoms with van der Waals surface area (Å²) < 4.78 is 17.1. The Morgan fingerprint density at radius 1 is 0.906 bits per heavy atom. The van der Waals surface area contributed by atoms with Gasteiger partial charge in [0, 0.05) is 19.6 Å². The molecule has 0 spiro atoms. The molecule has 0 aromatic carbocycles.